The fraction of sp³-hybridized carbons (Fsp3) is 0.174. The molecule has 0 fully saturated rings. The minimum Gasteiger partial charge on any atom is -0.325 e. The molecule has 1 atom stereocenters. The van der Waals surface area contributed by atoms with Crippen LogP contribution in [0.2, 0.25) is 0 Å². The number of nitrogens with one attached hydrogen (secondary N) is 1. The van der Waals surface area contributed by atoms with Crippen molar-refractivity contribution in [1.29, 1.82) is 0 Å². The van der Waals surface area contributed by atoms with Gasteiger partial charge >= 0.3 is 0 Å². The van der Waals surface area contributed by atoms with E-state index in [1.165, 1.54) is 4.31 Å². The van der Waals surface area contributed by atoms with Gasteiger partial charge in [-0.15, -0.1) is 0 Å². The molecule has 0 bridgehead atoms. The lowest BCUT2D eigenvalue weighted by molar-refractivity contribution is -0.120. The molecule has 0 saturated heterocycles. The molecule has 1 N–H and O–H groups in total. The van der Waals surface area contributed by atoms with Gasteiger partial charge in [0.2, 0.25) is 15.9 Å². The van der Waals surface area contributed by atoms with Gasteiger partial charge in [-0.2, -0.15) is 4.31 Å². The standard InChI is InChI=1S/C23H21IN2O3S/c1-16-6-12-21(13-7-16)30(28,29)26-15-18-5-3-2-4-17(18)14-22(26)23(27)25-20-10-8-19(24)9-11-20/h2-13,22H,14-15H2,1H3,(H,25,27). The van der Waals surface area contributed by atoms with Crippen molar-refractivity contribution in [2.45, 2.75) is 30.8 Å². The molecule has 3 aromatic rings. The van der Waals surface area contributed by atoms with Gasteiger partial charge < -0.3 is 5.32 Å². The van der Waals surface area contributed by atoms with Crippen molar-refractivity contribution < 1.29 is 13.2 Å². The SMILES string of the molecule is Cc1ccc(S(=O)(=O)N2Cc3ccccc3CC2C(=O)Nc2ccc(I)cc2)cc1. The van der Waals surface area contributed by atoms with Crippen LogP contribution in [0.25, 0.3) is 0 Å². The summed E-state index contributed by atoms with van der Waals surface area (Å²) in [5, 5.41) is 2.88. The van der Waals surface area contributed by atoms with E-state index in [1.807, 2.05) is 55.5 Å². The van der Waals surface area contributed by atoms with Gasteiger partial charge in [0.15, 0.2) is 0 Å². The number of fused-ring (bicyclic) bond motifs is 1. The molecule has 5 nitrogen and oxygen atoms in total. The lowest BCUT2D eigenvalue weighted by Gasteiger charge is -2.35. The maximum atomic E-state index is 13.5. The van der Waals surface area contributed by atoms with Gasteiger partial charge in [0, 0.05) is 15.8 Å². The normalized spacial score (nSPS) is 16.7. The molecule has 0 radical (unpaired) electrons. The lowest BCUT2D eigenvalue weighted by atomic mass is 9.95. The molecule has 1 heterocycles. The van der Waals surface area contributed by atoms with Crippen LogP contribution in [-0.2, 0) is 27.8 Å². The molecule has 0 aromatic heterocycles. The molecule has 0 spiro atoms. The van der Waals surface area contributed by atoms with E-state index in [1.54, 1.807) is 24.3 Å². The number of hydrogen-bond donors (Lipinski definition) is 1. The van der Waals surface area contributed by atoms with Crippen molar-refractivity contribution >= 4 is 44.2 Å². The second kappa shape index (κ2) is 8.49. The Balaban J connectivity index is 1.70. The number of aryl methyl sites for hydroxylation is 1. The van der Waals surface area contributed by atoms with E-state index < -0.39 is 16.1 Å². The summed E-state index contributed by atoms with van der Waals surface area (Å²) in [7, 11) is -3.84. The molecule has 30 heavy (non-hydrogen) atoms. The smallest absolute Gasteiger partial charge is 0.244 e. The summed E-state index contributed by atoms with van der Waals surface area (Å²) in [5.74, 6) is -0.332. The van der Waals surface area contributed by atoms with Gasteiger partial charge in [-0.25, -0.2) is 8.42 Å². The molecule has 3 aromatic carbocycles. The molecular formula is C23H21IN2O3S. The zero-order chi connectivity index (χ0) is 21.3. The maximum Gasteiger partial charge on any atom is 0.244 e. The molecule has 0 saturated carbocycles. The van der Waals surface area contributed by atoms with Crippen molar-refractivity contribution in [2.24, 2.45) is 0 Å². The second-order valence-electron chi connectivity index (χ2n) is 7.35. The third-order valence-corrected chi connectivity index (χ3v) is 7.84. The zero-order valence-corrected chi connectivity index (χ0v) is 19.4. The number of sulfonamides is 1. The molecule has 0 aliphatic carbocycles. The van der Waals surface area contributed by atoms with Gasteiger partial charge in [-0.05, 0) is 83.5 Å². The van der Waals surface area contributed by atoms with Crippen molar-refractivity contribution in [2.75, 3.05) is 5.32 Å². The minimum atomic E-state index is -3.84. The average Bonchev–Trinajstić information content (AvgIpc) is 2.74. The Morgan fingerprint density at radius 3 is 2.27 bits per heavy atom. The maximum absolute atomic E-state index is 13.5. The minimum absolute atomic E-state index is 0.164. The van der Waals surface area contributed by atoms with Gasteiger partial charge in [-0.3, -0.25) is 4.79 Å². The highest BCUT2D eigenvalue weighted by molar-refractivity contribution is 14.1. The van der Waals surface area contributed by atoms with Crippen LogP contribution in [0, 0.1) is 10.5 Å². The topological polar surface area (TPSA) is 66.5 Å². The molecule has 1 amide bonds. The first-order chi connectivity index (χ1) is 14.3. The Morgan fingerprint density at radius 2 is 1.60 bits per heavy atom. The van der Waals surface area contributed by atoms with Gasteiger partial charge in [0.25, 0.3) is 0 Å². The predicted octanol–water partition coefficient (Wildman–Crippen LogP) is 4.35. The Morgan fingerprint density at radius 1 is 0.967 bits per heavy atom. The van der Waals surface area contributed by atoms with Crippen molar-refractivity contribution in [3.63, 3.8) is 0 Å². The highest BCUT2D eigenvalue weighted by Gasteiger charge is 2.39. The van der Waals surface area contributed by atoms with Crippen LogP contribution in [0.15, 0.2) is 77.7 Å². The summed E-state index contributed by atoms with van der Waals surface area (Å²) in [6.07, 6.45) is 0.331. The molecule has 1 aliphatic rings. The summed E-state index contributed by atoms with van der Waals surface area (Å²) in [4.78, 5) is 13.4. The molecule has 1 aliphatic heterocycles. The molecular weight excluding hydrogens is 511 g/mol. The number of carbonyl (C=O) groups is 1. The summed E-state index contributed by atoms with van der Waals surface area (Å²) in [6, 6.07) is 21.0. The second-order valence-corrected chi connectivity index (χ2v) is 10.5. The first-order valence-corrected chi connectivity index (χ1v) is 12.1. The Labute approximate surface area is 190 Å². The first-order valence-electron chi connectivity index (χ1n) is 9.56. The van der Waals surface area contributed by atoms with Crippen LogP contribution in [0.3, 0.4) is 0 Å². The van der Waals surface area contributed by atoms with Crippen LogP contribution in [0.1, 0.15) is 16.7 Å². The Kier molecular flexibility index (Phi) is 5.95. The zero-order valence-electron chi connectivity index (χ0n) is 16.4. The first kappa shape index (κ1) is 21.0. The molecule has 154 valence electrons. The van der Waals surface area contributed by atoms with E-state index in [4.69, 9.17) is 0 Å². The number of halogens is 1. The third kappa shape index (κ3) is 4.28. The summed E-state index contributed by atoms with van der Waals surface area (Å²) in [6.45, 7) is 2.07. The van der Waals surface area contributed by atoms with Gasteiger partial charge in [0.05, 0.1) is 4.90 Å². The number of anilines is 1. The lowest BCUT2D eigenvalue weighted by Crippen LogP contribution is -2.50. The third-order valence-electron chi connectivity index (χ3n) is 5.25. The number of nitrogens with zero attached hydrogens (tertiary/aromatic N) is 1. The highest BCUT2D eigenvalue weighted by Crippen LogP contribution is 2.30. The number of hydrogen-bond acceptors (Lipinski definition) is 3. The van der Waals surface area contributed by atoms with Crippen LogP contribution in [-0.4, -0.2) is 24.7 Å². The molecule has 7 heteroatoms. The fourth-order valence-corrected chi connectivity index (χ4v) is 5.50. The highest BCUT2D eigenvalue weighted by atomic mass is 127. The van der Waals surface area contributed by atoms with Gasteiger partial charge in [-0.1, -0.05) is 42.0 Å². The largest absolute Gasteiger partial charge is 0.325 e. The van der Waals surface area contributed by atoms with Crippen molar-refractivity contribution in [3.05, 3.63) is 93.1 Å². The van der Waals surface area contributed by atoms with E-state index in [0.29, 0.717) is 12.1 Å². The quantitative estimate of drug-likeness (QED) is 0.509. The number of amides is 1. The van der Waals surface area contributed by atoms with E-state index in [-0.39, 0.29) is 17.3 Å². The Hall–Kier alpha value is -2.23. The van der Waals surface area contributed by atoms with E-state index in [9.17, 15) is 13.2 Å². The summed E-state index contributed by atoms with van der Waals surface area (Å²) < 4.78 is 29.3. The van der Waals surface area contributed by atoms with Crippen LogP contribution >= 0.6 is 22.6 Å². The van der Waals surface area contributed by atoms with Crippen LogP contribution in [0.4, 0.5) is 5.69 Å². The van der Waals surface area contributed by atoms with E-state index in [0.717, 1.165) is 20.3 Å². The predicted molar refractivity (Wildman–Crippen MR) is 126 cm³/mol. The van der Waals surface area contributed by atoms with Crippen molar-refractivity contribution in [3.8, 4) is 0 Å². The molecule has 1 unspecified atom stereocenters. The van der Waals surface area contributed by atoms with Crippen LogP contribution < -0.4 is 5.32 Å². The summed E-state index contributed by atoms with van der Waals surface area (Å²) >= 11 is 2.20. The average molecular weight is 532 g/mol. The summed E-state index contributed by atoms with van der Waals surface area (Å²) in [5.41, 5.74) is 3.54. The van der Waals surface area contributed by atoms with E-state index >= 15 is 0 Å². The number of benzene rings is 3. The van der Waals surface area contributed by atoms with Gasteiger partial charge in [0.1, 0.15) is 6.04 Å². The molecule has 4 rings (SSSR count). The van der Waals surface area contributed by atoms with Crippen LogP contribution in [0.5, 0.6) is 0 Å². The van der Waals surface area contributed by atoms with E-state index in [2.05, 4.69) is 27.9 Å². The van der Waals surface area contributed by atoms with Crippen molar-refractivity contribution in [1.82, 2.24) is 4.31 Å². The number of rotatable bonds is 4. The monoisotopic (exact) mass is 532 g/mol. The number of carbonyl (C=O) groups excluding carboxylic acids is 1. The fourth-order valence-electron chi connectivity index (χ4n) is 3.58. The Bertz CT molecular complexity index is 1180.